The molecule has 0 aliphatic carbocycles. The fourth-order valence-electron chi connectivity index (χ4n) is 2.08. The van der Waals surface area contributed by atoms with Gasteiger partial charge in [0.25, 0.3) is 26.1 Å². The Morgan fingerprint density at radius 3 is 2.12 bits per heavy atom. The van der Waals surface area contributed by atoms with Gasteiger partial charge in [0.1, 0.15) is 0 Å². The molecular weight excluding hydrogens is 346 g/mol. The Kier molecular flexibility index (Phi) is 5.56. The zero-order valence-electron chi connectivity index (χ0n) is 15.9. The van der Waals surface area contributed by atoms with Crippen molar-refractivity contribution < 1.29 is 18.8 Å². The molecule has 0 unspecified atom stereocenters. The van der Waals surface area contributed by atoms with Crippen LogP contribution in [0.2, 0.25) is 18.1 Å². The van der Waals surface area contributed by atoms with E-state index in [0.29, 0.717) is 11.1 Å². The van der Waals surface area contributed by atoms with E-state index in [2.05, 4.69) is 40.4 Å². The summed E-state index contributed by atoms with van der Waals surface area (Å²) in [5, 5.41) is -0.0698. The normalized spacial score (nSPS) is 15.4. The van der Waals surface area contributed by atoms with Crippen LogP contribution >= 0.6 is 0 Å². The number of benzene rings is 1. The van der Waals surface area contributed by atoms with Gasteiger partial charge in [0.15, 0.2) is 0 Å². The maximum absolute atomic E-state index is 12.6. The highest BCUT2D eigenvalue weighted by molar-refractivity contribution is 6.74. The number of hydrogen-bond acceptors (Lipinski definition) is 4. The second-order valence-electron chi connectivity index (χ2n) is 7.52. The third kappa shape index (κ3) is 3.96. The lowest BCUT2D eigenvalue weighted by molar-refractivity contribution is 0.0696. The van der Waals surface area contributed by atoms with Crippen molar-refractivity contribution in [2.45, 2.75) is 38.9 Å². The number of allylic oxidation sites excluding steroid dienone is 2. The third-order valence-corrected chi connectivity index (χ3v) is 8.94. The summed E-state index contributed by atoms with van der Waals surface area (Å²) in [7, 11) is -2.23. The average molecular weight is 372 g/mol. The Morgan fingerprint density at radius 2 is 1.65 bits per heavy atom. The van der Waals surface area contributed by atoms with Gasteiger partial charge >= 0.3 is 0 Å². The molecule has 1 heterocycles. The van der Waals surface area contributed by atoms with Gasteiger partial charge in [0.2, 0.25) is 0 Å². The van der Waals surface area contributed by atoms with Crippen LogP contribution in [0.4, 0.5) is 0 Å². The van der Waals surface area contributed by atoms with Crippen molar-refractivity contribution >= 4 is 20.1 Å². The molecular formula is C20H25NO4Si. The van der Waals surface area contributed by atoms with Crippen molar-refractivity contribution in [1.82, 2.24) is 4.90 Å². The maximum Gasteiger partial charge on any atom is 0.288 e. The Hall–Kier alpha value is -2.60. The summed E-state index contributed by atoms with van der Waals surface area (Å²) < 4.78 is 11.7. The number of carbonyl (C=O) groups is 2. The zero-order chi connectivity index (χ0) is 19.5. The van der Waals surface area contributed by atoms with Crippen molar-refractivity contribution in [2.75, 3.05) is 0 Å². The molecule has 0 atom stereocenters. The molecule has 0 radical (unpaired) electrons. The standard InChI is InChI=1S/C20H25NO4Si/c1-7-8-13-24-17(25-26(5,6)20(2,3)4)14-21-18(22)15-11-9-10-12-16(15)19(21)23/h7-14H,1H2,2-6H3/b13-8+,17-14-. The van der Waals surface area contributed by atoms with Crippen LogP contribution in [0.15, 0.2) is 61.4 Å². The molecule has 1 aliphatic rings. The first kappa shape index (κ1) is 19.7. The topological polar surface area (TPSA) is 55.8 Å². The van der Waals surface area contributed by atoms with Crippen molar-refractivity contribution in [2.24, 2.45) is 0 Å². The predicted molar refractivity (Wildman–Crippen MR) is 104 cm³/mol. The van der Waals surface area contributed by atoms with Gasteiger partial charge in [-0.15, -0.1) is 0 Å². The highest BCUT2D eigenvalue weighted by Gasteiger charge is 2.41. The fourth-order valence-corrected chi connectivity index (χ4v) is 2.99. The number of fused-ring (bicyclic) bond motifs is 1. The number of rotatable bonds is 6. The number of imide groups is 1. The van der Waals surface area contributed by atoms with Gasteiger partial charge in [-0.1, -0.05) is 45.6 Å². The van der Waals surface area contributed by atoms with Gasteiger partial charge in [0.05, 0.1) is 23.6 Å². The minimum atomic E-state index is -2.23. The molecule has 0 N–H and O–H groups in total. The van der Waals surface area contributed by atoms with Crippen LogP contribution in [-0.4, -0.2) is 25.0 Å². The van der Waals surface area contributed by atoms with Gasteiger partial charge in [-0.3, -0.25) is 9.59 Å². The number of carbonyl (C=O) groups excluding carboxylic acids is 2. The Balaban J connectivity index is 2.37. The van der Waals surface area contributed by atoms with E-state index in [-0.39, 0.29) is 11.0 Å². The van der Waals surface area contributed by atoms with Crippen molar-refractivity contribution in [3.63, 3.8) is 0 Å². The lowest BCUT2D eigenvalue weighted by Crippen LogP contribution is -2.41. The molecule has 0 saturated carbocycles. The van der Waals surface area contributed by atoms with Crippen LogP contribution in [0.5, 0.6) is 0 Å². The Labute approximate surface area is 155 Å². The monoisotopic (exact) mass is 371 g/mol. The van der Waals surface area contributed by atoms with Crippen molar-refractivity contribution in [1.29, 1.82) is 0 Å². The molecule has 2 rings (SSSR count). The smallest absolute Gasteiger partial charge is 0.288 e. The Morgan fingerprint density at radius 1 is 1.12 bits per heavy atom. The molecule has 0 spiro atoms. The van der Waals surface area contributed by atoms with E-state index in [1.165, 1.54) is 12.5 Å². The molecule has 0 fully saturated rings. The molecule has 26 heavy (non-hydrogen) atoms. The van der Waals surface area contributed by atoms with Crippen molar-refractivity contribution in [3.05, 3.63) is 72.5 Å². The SMILES string of the molecule is C=C/C=C/O/C(=C/N1C(=O)c2ccccc2C1=O)O[Si](C)(C)C(C)(C)C. The highest BCUT2D eigenvalue weighted by atomic mass is 28.4. The van der Waals surface area contributed by atoms with Gasteiger partial charge in [-0.05, 0) is 36.3 Å². The van der Waals surface area contributed by atoms with Gasteiger partial charge < -0.3 is 9.16 Å². The van der Waals surface area contributed by atoms with Crippen LogP contribution in [0, 0.1) is 0 Å². The summed E-state index contributed by atoms with van der Waals surface area (Å²) >= 11 is 0. The second-order valence-corrected chi connectivity index (χ2v) is 12.2. The molecule has 6 heteroatoms. The number of amides is 2. The summed E-state index contributed by atoms with van der Waals surface area (Å²) in [5.41, 5.74) is 0.754. The highest BCUT2D eigenvalue weighted by Crippen LogP contribution is 2.38. The quantitative estimate of drug-likeness (QED) is 0.311. The third-order valence-electron chi connectivity index (χ3n) is 4.62. The summed E-state index contributed by atoms with van der Waals surface area (Å²) in [5.74, 6) is -0.666. The summed E-state index contributed by atoms with van der Waals surface area (Å²) in [4.78, 5) is 26.2. The van der Waals surface area contributed by atoms with Crippen LogP contribution in [0.3, 0.4) is 0 Å². The van der Waals surface area contributed by atoms with E-state index in [4.69, 9.17) is 9.16 Å². The summed E-state index contributed by atoms with van der Waals surface area (Å²) in [6.45, 7) is 14.0. The van der Waals surface area contributed by atoms with Gasteiger partial charge in [0, 0.05) is 0 Å². The van der Waals surface area contributed by atoms with E-state index in [0.717, 1.165) is 4.90 Å². The fraction of sp³-hybridized carbons (Fsp3) is 0.300. The summed E-state index contributed by atoms with van der Waals surface area (Å²) in [6, 6.07) is 6.73. The predicted octanol–water partition coefficient (Wildman–Crippen LogP) is 4.82. The van der Waals surface area contributed by atoms with E-state index < -0.39 is 20.1 Å². The molecule has 0 aromatic heterocycles. The van der Waals surface area contributed by atoms with Crippen molar-refractivity contribution in [3.8, 4) is 0 Å². The van der Waals surface area contributed by atoms with E-state index in [9.17, 15) is 9.59 Å². The van der Waals surface area contributed by atoms with Gasteiger partial charge in [-0.2, -0.15) is 0 Å². The first-order valence-corrected chi connectivity index (χ1v) is 11.3. The van der Waals surface area contributed by atoms with Gasteiger partial charge in [-0.25, -0.2) is 4.90 Å². The summed E-state index contributed by atoms with van der Waals surface area (Å²) in [6.07, 6.45) is 5.90. The molecule has 1 aliphatic heterocycles. The van der Waals surface area contributed by atoms with E-state index in [1.807, 2.05) is 0 Å². The number of nitrogens with zero attached hydrogens (tertiary/aromatic N) is 1. The molecule has 138 valence electrons. The van der Waals surface area contributed by atoms with Crippen LogP contribution in [-0.2, 0) is 9.16 Å². The van der Waals surface area contributed by atoms with Crippen LogP contribution in [0.25, 0.3) is 0 Å². The molecule has 0 bridgehead atoms. The first-order chi connectivity index (χ1) is 12.1. The average Bonchev–Trinajstić information content (AvgIpc) is 2.79. The number of hydrogen-bond donors (Lipinski definition) is 0. The molecule has 1 aromatic rings. The lowest BCUT2D eigenvalue weighted by Gasteiger charge is -2.36. The lowest BCUT2D eigenvalue weighted by atomic mass is 10.1. The second kappa shape index (κ2) is 7.33. The molecule has 0 saturated heterocycles. The minimum absolute atomic E-state index is 0.0698. The van der Waals surface area contributed by atoms with Crippen LogP contribution < -0.4 is 0 Å². The van der Waals surface area contributed by atoms with E-state index in [1.54, 1.807) is 36.4 Å². The van der Waals surface area contributed by atoms with E-state index >= 15 is 0 Å². The van der Waals surface area contributed by atoms with Crippen LogP contribution in [0.1, 0.15) is 41.5 Å². The largest absolute Gasteiger partial charge is 0.518 e. The first-order valence-electron chi connectivity index (χ1n) is 8.40. The number of ether oxygens (including phenoxy) is 1. The molecule has 5 nitrogen and oxygen atoms in total. The molecule has 2 amide bonds. The zero-order valence-corrected chi connectivity index (χ0v) is 16.9. The maximum atomic E-state index is 12.6. The Bertz CT molecular complexity index is 752. The minimum Gasteiger partial charge on any atom is -0.518 e. The molecule has 1 aromatic carbocycles.